The Hall–Kier alpha value is -0.970. The highest BCUT2D eigenvalue weighted by atomic mass is 32.2. The van der Waals surface area contributed by atoms with Crippen LogP contribution in [0.25, 0.3) is 0 Å². The number of rotatable bonds is 6. The molecule has 1 aromatic heterocycles. The molecule has 4 nitrogen and oxygen atoms in total. The van der Waals surface area contributed by atoms with Crippen LogP contribution in [0.4, 0.5) is 11.6 Å². The predicted octanol–water partition coefficient (Wildman–Crippen LogP) is 2.87. The lowest BCUT2D eigenvalue weighted by atomic mass is 10.2. The molecule has 0 aliphatic carbocycles. The third kappa shape index (κ3) is 3.49. The molecule has 0 bridgehead atoms. The van der Waals surface area contributed by atoms with Gasteiger partial charge in [0.25, 0.3) is 0 Å². The van der Waals surface area contributed by atoms with Gasteiger partial charge in [-0.25, -0.2) is 9.97 Å². The molecule has 0 aromatic carbocycles. The first kappa shape index (κ1) is 14.1. The van der Waals surface area contributed by atoms with Gasteiger partial charge in [0, 0.05) is 25.7 Å². The molecule has 5 heteroatoms. The molecule has 0 saturated carbocycles. The molecule has 1 aromatic rings. The molecule has 1 unspecified atom stereocenters. The molecule has 0 fully saturated rings. The van der Waals surface area contributed by atoms with E-state index < -0.39 is 0 Å². The molecule has 1 heterocycles. The average molecular weight is 254 g/mol. The molecule has 0 aliphatic rings. The second-order valence-corrected chi connectivity index (χ2v) is 4.66. The lowest BCUT2D eigenvalue weighted by Crippen LogP contribution is -2.33. The molecule has 17 heavy (non-hydrogen) atoms. The summed E-state index contributed by atoms with van der Waals surface area (Å²) in [6, 6.07) is 2.50. The van der Waals surface area contributed by atoms with Gasteiger partial charge in [0.05, 0.1) is 0 Å². The minimum absolute atomic E-state index is 0.495. The zero-order valence-corrected chi connectivity index (χ0v) is 12.1. The Labute approximate surface area is 108 Å². The van der Waals surface area contributed by atoms with Crippen LogP contribution in [0.1, 0.15) is 27.2 Å². The first-order chi connectivity index (χ1) is 8.15. The average Bonchev–Trinajstić information content (AvgIpc) is 2.38. The van der Waals surface area contributed by atoms with Gasteiger partial charge in [-0.3, -0.25) is 0 Å². The van der Waals surface area contributed by atoms with Crippen molar-refractivity contribution < 1.29 is 0 Å². The highest BCUT2D eigenvalue weighted by molar-refractivity contribution is 7.98. The fourth-order valence-corrected chi connectivity index (χ4v) is 2.07. The van der Waals surface area contributed by atoms with Crippen molar-refractivity contribution in [1.29, 1.82) is 0 Å². The fraction of sp³-hybridized carbons (Fsp3) is 0.667. The number of aromatic nitrogens is 2. The zero-order valence-electron chi connectivity index (χ0n) is 11.3. The number of hydrogen-bond acceptors (Lipinski definition) is 5. The highest BCUT2D eigenvalue weighted by Crippen LogP contribution is 2.22. The lowest BCUT2D eigenvalue weighted by Gasteiger charge is -2.28. The van der Waals surface area contributed by atoms with E-state index in [0.717, 1.165) is 29.8 Å². The van der Waals surface area contributed by atoms with E-state index in [1.807, 2.05) is 19.4 Å². The highest BCUT2D eigenvalue weighted by Gasteiger charge is 2.14. The van der Waals surface area contributed by atoms with Crippen LogP contribution < -0.4 is 10.2 Å². The second-order valence-electron chi connectivity index (χ2n) is 3.89. The largest absolute Gasteiger partial charge is 0.373 e. The van der Waals surface area contributed by atoms with Crippen LogP contribution in [0.15, 0.2) is 11.2 Å². The van der Waals surface area contributed by atoms with Gasteiger partial charge in [0.15, 0.2) is 5.16 Å². The quantitative estimate of drug-likeness (QED) is 0.624. The first-order valence-electron chi connectivity index (χ1n) is 6.03. The molecule has 0 spiro atoms. The van der Waals surface area contributed by atoms with Crippen LogP contribution in [-0.4, -0.2) is 35.9 Å². The third-order valence-corrected chi connectivity index (χ3v) is 3.44. The van der Waals surface area contributed by atoms with Crippen molar-refractivity contribution in [2.24, 2.45) is 0 Å². The standard InChI is InChI=1S/C12H22N4S/c1-6-9(3)16(7-2)11-8-10(13-4)14-12(15-11)17-5/h8-9H,6-7H2,1-5H3,(H,13,14,15). The Morgan fingerprint density at radius 2 is 2.12 bits per heavy atom. The van der Waals surface area contributed by atoms with Crippen LogP contribution in [0, 0.1) is 0 Å². The lowest BCUT2D eigenvalue weighted by molar-refractivity contribution is 0.619. The Morgan fingerprint density at radius 3 is 2.59 bits per heavy atom. The number of nitrogens with one attached hydrogen (secondary N) is 1. The molecule has 1 N–H and O–H groups in total. The van der Waals surface area contributed by atoms with E-state index in [0.29, 0.717) is 6.04 Å². The Balaban J connectivity index is 3.09. The van der Waals surface area contributed by atoms with E-state index in [1.54, 1.807) is 11.8 Å². The molecule has 0 aliphatic heterocycles. The molecule has 0 saturated heterocycles. The second kappa shape index (κ2) is 6.69. The van der Waals surface area contributed by atoms with Gasteiger partial charge in [-0.2, -0.15) is 0 Å². The molecule has 0 radical (unpaired) electrons. The van der Waals surface area contributed by atoms with Gasteiger partial charge in [0.1, 0.15) is 11.6 Å². The monoisotopic (exact) mass is 254 g/mol. The summed E-state index contributed by atoms with van der Waals surface area (Å²) >= 11 is 1.57. The first-order valence-corrected chi connectivity index (χ1v) is 7.26. The van der Waals surface area contributed by atoms with Crippen LogP contribution in [0.2, 0.25) is 0 Å². The fourth-order valence-electron chi connectivity index (χ4n) is 1.70. The summed E-state index contributed by atoms with van der Waals surface area (Å²) in [6.45, 7) is 7.54. The van der Waals surface area contributed by atoms with E-state index in [2.05, 4.69) is 41.0 Å². The van der Waals surface area contributed by atoms with Crippen molar-refractivity contribution in [3.63, 3.8) is 0 Å². The summed E-state index contributed by atoms with van der Waals surface area (Å²) in [5, 5.41) is 3.90. The molecule has 1 atom stereocenters. The maximum Gasteiger partial charge on any atom is 0.191 e. The summed E-state index contributed by atoms with van der Waals surface area (Å²) in [4.78, 5) is 11.3. The van der Waals surface area contributed by atoms with Crippen molar-refractivity contribution in [1.82, 2.24) is 9.97 Å². The number of nitrogens with zero attached hydrogens (tertiary/aromatic N) is 3. The van der Waals surface area contributed by atoms with Gasteiger partial charge < -0.3 is 10.2 Å². The van der Waals surface area contributed by atoms with Crippen molar-refractivity contribution in [3.8, 4) is 0 Å². The molecule has 1 rings (SSSR count). The summed E-state index contributed by atoms with van der Waals surface area (Å²) < 4.78 is 0. The Morgan fingerprint density at radius 1 is 1.41 bits per heavy atom. The van der Waals surface area contributed by atoms with E-state index in [1.165, 1.54) is 0 Å². The minimum Gasteiger partial charge on any atom is -0.373 e. The van der Waals surface area contributed by atoms with Crippen molar-refractivity contribution in [2.75, 3.05) is 30.1 Å². The van der Waals surface area contributed by atoms with Crippen LogP contribution >= 0.6 is 11.8 Å². The summed E-state index contributed by atoms with van der Waals surface area (Å²) in [7, 11) is 1.88. The Kier molecular flexibility index (Phi) is 5.55. The maximum atomic E-state index is 4.58. The summed E-state index contributed by atoms with van der Waals surface area (Å²) in [5.74, 6) is 1.88. The zero-order chi connectivity index (χ0) is 12.8. The van der Waals surface area contributed by atoms with Crippen LogP contribution in [-0.2, 0) is 0 Å². The van der Waals surface area contributed by atoms with Crippen LogP contribution in [0.3, 0.4) is 0 Å². The van der Waals surface area contributed by atoms with Gasteiger partial charge in [-0.1, -0.05) is 18.7 Å². The van der Waals surface area contributed by atoms with Gasteiger partial charge in [-0.05, 0) is 26.5 Å². The normalized spacial score (nSPS) is 12.3. The van der Waals surface area contributed by atoms with Crippen molar-refractivity contribution in [3.05, 3.63) is 6.07 Å². The SMILES string of the molecule is CCC(C)N(CC)c1cc(NC)nc(SC)n1. The van der Waals surface area contributed by atoms with Gasteiger partial charge >= 0.3 is 0 Å². The van der Waals surface area contributed by atoms with Crippen LogP contribution in [0.5, 0.6) is 0 Å². The Bertz CT molecular complexity index is 334. The van der Waals surface area contributed by atoms with E-state index in [4.69, 9.17) is 0 Å². The van der Waals surface area contributed by atoms with Crippen molar-refractivity contribution >= 4 is 23.4 Å². The molecular weight excluding hydrogens is 232 g/mol. The number of hydrogen-bond donors (Lipinski definition) is 1. The summed E-state index contributed by atoms with van der Waals surface area (Å²) in [6.07, 6.45) is 3.11. The smallest absolute Gasteiger partial charge is 0.191 e. The van der Waals surface area contributed by atoms with E-state index in [-0.39, 0.29) is 0 Å². The van der Waals surface area contributed by atoms with Gasteiger partial charge in [0.2, 0.25) is 0 Å². The number of thioether (sulfide) groups is 1. The van der Waals surface area contributed by atoms with E-state index >= 15 is 0 Å². The van der Waals surface area contributed by atoms with Gasteiger partial charge in [-0.15, -0.1) is 0 Å². The predicted molar refractivity (Wildman–Crippen MR) is 76.1 cm³/mol. The number of anilines is 2. The van der Waals surface area contributed by atoms with Crippen molar-refractivity contribution in [2.45, 2.75) is 38.4 Å². The molecule has 0 amide bonds. The van der Waals surface area contributed by atoms with E-state index in [9.17, 15) is 0 Å². The maximum absolute atomic E-state index is 4.58. The molecular formula is C12H22N4S. The molecule has 96 valence electrons. The third-order valence-electron chi connectivity index (χ3n) is 2.89. The minimum atomic E-state index is 0.495. The summed E-state index contributed by atoms with van der Waals surface area (Å²) in [5.41, 5.74) is 0. The topological polar surface area (TPSA) is 41.0 Å².